The maximum atomic E-state index is 12.9. The van der Waals surface area contributed by atoms with Crippen LogP contribution in [-0.2, 0) is 21.4 Å². The topological polar surface area (TPSA) is 77.9 Å². The van der Waals surface area contributed by atoms with Crippen LogP contribution < -0.4 is 5.32 Å². The van der Waals surface area contributed by atoms with Gasteiger partial charge in [-0.25, -0.2) is 8.42 Å². The molecule has 1 N–H and O–H groups in total. The third kappa shape index (κ3) is 5.67. The third-order valence-electron chi connectivity index (χ3n) is 6.20. The molecule has 1 aromatic heterocycles. The van der Waals surface area contributed by atoms with E-state index in [0.717, 1.165) is 35.2 Å². The van der Waals surface area contributed by atoms with Crippen LogP contribution in [0.3, 0.4) is 0 Å². The van der Waals surface area contributed by atoms with Crippen LogP contribution in [0.1, 0.15) is 5.56 Å². The standard InChI is InChI=1S/C25H33N5O3S/c1-20-4-7-23(8-5-20)34(32,33)30-16-13-28(14-17-30)19-25(31)26-22-6-9-24-21(18-22)10-11-29(24)15-12-27(2)3/h4-11,18H,12-17,19H2,1-3H3,(H,26,31). The van der Waals surface area contributed by atoms with Gasteiger partial charge in [0, 0.05) is 62.1 Å². The Morgan fingerprint density at radius 1 is 1.00 bits per heavy atom. The molecular formula is C25H33N5O3S. The molecule has 0 spiro atoms. The van der Waals surface area contributed by atoms with E-state index in [9.17, 15) is 13.2 Å². The summed E-state index contributed by atoms with van der Waals surface area (Å²) in [5, 5.41) is 4.07. The highest BCUT2D eigenvalue weighted by Gasteiger charge is 2.29. The minimum atomic E-state index is -3.51. The van der Waals surface area contributed by atoms with Crippen molar-refractivity contribution in [1.82, 2.24) is 18.7 Å². The molecule has 1 aliphatic heterocycles. The summed E-state index contributed by atoms with van der Waals surface area (Å²) in [7, 11) is 0.610. The Hall–Kier alpha value is -2.72. The third-order valence-corrected chi connectivity index (χ3v) is 8.11. The fourth-order valence-electron chi connectivity index (χ4n) is 4.17. The number of nitrogens with zero attached hydrogens (tertiary/aromatic N) is 4. The number of aryl methyl sites for hydroxylation is 1. The first kappa shape index (κ1) is 24.4. The van der Waals surface area contributed by atoms with E-state index >= 15 is 0 Å². The molecule has 4 rings (SSSR count). The van der Waals surface area contributed by atoms with E-state index in [-0.39, 0.29) is 12.5 Å². The van der Waals surface area contributed by atoms with Crippen LogP contribution in [-0.4, -0.2) is 86.4 Å². The maximum absolute atomic E-state index is 12.9. The molecule has 1 fully saturated rings. The number of fused-ring (bicyclic) bond motifs is 1. The van der Waals surface area contributed by atoms with E-state index < -0.39 is 10.0 Å². The molecule has 3 aromatic rings. The SMILES string of the molecule is Cc1ccc(S(=O)(=O)N2CCN(CC(=O)Nc3ccc4c(ccn4CCN(C)C)c3)CC2)cc1. The number of piperazine rings is 1. The second kappa shape index (κ2) is 10.3. The molecule has 0 saturated carbocycles. The molecule has 1 aliphatic rings. The largest absolute Gasteiger partial charge is 0.346 e. The van der Waals surface area contributed by atoms with Crippen molar-refractivity contribution in [1.29, 1.82) is 0 Å². The number of hydrogen-bond donors (Lipinski definition) is 1. The van der Waals surface area contributed by atoms with Gasteiger partial charge in [-0.1, -0.05) is 17.7 Å². The Balaban J connectivity index is 1.30. The van der Waals surface area contributed by atoms with E-state index in [1.54, 1.807) is 12.1 Å². The summed E-state index contributed by atoms with van der Waals surface area (Å²) < 4.78 is 29.5. The minimum absolute atomic E-state index is 0.0961. The summed E-state index contributed by atoms with van der Waals surface area (Å²) in [6.45, 7) is 5.82. The number of rotatable bonds is 8. The summed E-state index contributed by atoms with van der Waals surface area (Å²) in [5.41, 5.74) is 2.94. The molecule has 1 amide bonds. The molecule has 0 atom stereocenters. The highest BCUT2D eigenvalue weighted by Crippen LogP contribution is 2.21. The average Bonchev–Trinajstić information content (AvgIpc) is 3.20. The van der Waals surface area contributed by atoms with Crippen LogP contribution in [0, 0.1) is 6.92 Å². The first-order valence-electron chi connectivity index (χ1n) is 11.5. The van der Waals surface area contributed by atoms with Gasteiger partial charge < -0.3 is 14.8 Å². The predicted octanol–water partition coefficient (Wildman–Crippen LogP) is 2.46. The number of benzene rings is 2. The molecule has 9 heteroatoms. The Morgan fingerprint density at radius 2 is 1.71 bits per heavy atom. The molecule has 0 bridgehead atoms. The second-order valence-corrected chi connectivity index (χ2v) is 11.1. The van der Waals surface area contributed by atoms with E-state index in [2.05, 4.69) is 41.1 Å². The maximum Gasteiger partial charge on any atom is 0.243 e. The van der Waals surface area contributed by atoms with Crippen molar-refractivity contribution in [2.45, 2.75) is 18.4 Å². The number of hydrogen-bond acceptors (Lipinski definition) is 5. The highest BCUT2D eigenvalue weighted by molar-refractivity contribution is 7.89. The van der Waals surface area contributed by atoms with E-state index in [1.807, 2.05) is 42.2 Å². The van der Waals surface area contributed by atoms with Gasteiger partial charge in [0.1, 0.15) is 0 Å². The lowest BCUT2D eigenvalue weighted by molar-refractivity contribution is -0.117. The Bertz CT molecular complexity index is 1240. The van der Waals surface area contributed by atoms with Crippen molar-refractivity contribution in [3.05, 3.63) is 60.3 Å². The lowest BCUT2D eigenvalue weighted by Crippen LogP contribution is -2.50. The fraction of sp³-hybridized carbons (Fsp3) is 0.400. The molecule has 0 unspecified atom stereocenters. The van der Waals surface area contributed by atoms with Crippen molar-refractivity contribution in [2.75, 3.05) is 58.7 Å². The van der Waals surface area contributed by atoms with Crippen molar-refractivity contribution >= 4 is 32.5 Å². The first-order valence-corrected chi connectivity index (χ1v) is 13.0. The van der Waals surface area contributed by atoms with Gasteiger partial charge in [0.2, 0.25) is 15.9 Å². The molecule has 2 heterocycles. The van der Waals surface area contributed by atoms with Gasteiger partial charge in [-0.15, -0.1) is 0 Å². The predicted molar refractivity (Wildman–Crippen MR) is 135 cm³/mol. The monoisotopic (exact) mass is 483 g/mol. The minimum Gasteiger partial charge on any atom is -0.346 e. The van der Waals surface area contributed by atoms with Gasteiger partial charge in [0.25, 0.3) is 0 Å². The van der Waals surface area contributed by atoms with Gasteiger partial charge in [-0.05, 0) is 57.4 Å². The molecule has 2 aromatic carbocycles. The van der Waals surface area contributed by atoms with Gasteiger partial charge in [-0.2, -0.15) is 4.31 Å². The van der Waals surface area contributed by atoms with E-state index in [4.69, 9.17) is 0 Å². The number of sulfonamides is 1. The van der Waals surface area contributed by atoms with Gasteiger partial charge in [-0.3, -0.25) is 9.69 Å². The number of nitrogens with one attached hydrogen (secondary N) is 1. The van der Waals surface area contributed by atoms with Crippen molar-refractivity contribution < 1.29 is 13.2 Å². The van der Waals surface area contributed by atoms with Gasteiger partial charge in [0.05, 0.1) is 11.4 Å². The lowest BCUT2D eigenvalue weighted by atomic mass is 10.2. The zero-order chi connectivity index (χ0) is 24.3. The smallest absolute Gasteiger partial charge is 0.243 e. The molecular weight excluding hydrogens is 450 g/mol. The fourth-order valence-corrected chi connectivity index (χ4v) is 5.59. The summed E-state index contributed by atoms with van der Waals surface area (Å²) in [5.74, 6) is -0.0961. The van der Waals surface area contributed by atoms with Gasteiger partial charge >= 0.3 is 0 Å². The van der Waals surface area contributed by atoms with Crippen LogP contribution in [0.2, 0.25) is 0 Å². The molecule has 1 saturated heterocycles. The van der Waals surface area contributed by atoms with Crippen LogP contribution >= 0.6 is 0 Å². The quantitative estimate of drug-likeness (QED) is 0.533. The average molecular weight is 484 g/mol. The van der Waals surface area contributed by atoms with Crippen molar-refractivity contribution in [2.24, 2.45) is 0 Å². The number of aromatic nitrogens is 1. The number of carbonyl (C=O) groups excluding carboxylic acids is 1. The Kier molecular flexibility index (Phi) is 7.37. The summed E-state index contributed by atoms with van der Waals surface area (Å²) in [4.78, 5) is 17.1. The molecule has 182 valence electrons. The summed E-state index contributed by atoms with van der Waals surface area (Å²) in [6, 6.07) is 14.9. The zero-order valence-corrected chi connectivity index (χ0v) is 20.9. The number of carbonyl (C=O) groups is 1. The van der Waals surface area contributed by atoms with Gasteiger partial charge in [0.15, 0.2) is 0 Å². The number of likely N-dealkylation sites (N-methyl/N-ethyl adjacent to an activating group) is 1. The molecule has 8 nitrogen and oxygen atoms in total. The normalized spacial score (nSPS) is 15.8. The van der Waals surface area contributed by atoms with E-state index in [0.29, 0.717) is 31.1 Å². The molecule has 34 heavy (non-hydrogen) atoms. The number of amides is 1. The lowest BCUT2D eigenvalue weighted by Gasteiger charge is -2.33. The van der Waals surface area contributed by atoms with Crippen molar-refractivity contribution in [3.8, 4) is 0 Å². The first-order chi connectivity index (χ1) is 16.2. The van der Waals surface area contributed by atoms with Crippen LogP contribution in [0.15, 0.2) is 59.6 Å². The van der Waals surface area contributed by atoms with Crippen LogP contribution in [0.4, 0.5) is 5.69 Å². The summed E-state index contributed by atoms with van der Waals surface area (Å²) >= 11 is 0. The number of anilines is 1. The zero-order valence-electron chi connectivity index (χ0n) is 20.1. The Labute approximate surface area is 201 Å². The molecule has 0 radical (unpaired) electrons. The van der Waals surface area contributed by atoms with Crippen LogP contribution in [0.25, 0.3) is 10.9 Å². The summed E-state index contributed by atoms with van der Waals surface area (Å²) in [6.07, 6.45) is 2.07. The second-order valence-electron chi connectivity index (χ2n) is 9.13. The van der Waals surface area contributed by atoms with E-state index in [1.165, 1.54) is 4.31 Å². The highest BCUT2D eigenvalue weighted by atomic mass is 32.2. The van der Waals surface area contributed by atoms with Crippen molar-refractivity contribution in [3.63, 3.8) is 0 Å². The Morgan fingerprint density at radius 3 is 2.38 bits per heavy atom. The van der Waals surface area contributed by atoms with Crippen LogP contribution in [0.5, 0.6) is 0 Å². The molecule has 0 aliphatic carbocycles.